The Kier molecular flexibility index (Phi) is 6.23. The van der Waals surface area contributed by atoms with Gasteiger partial charge in [0, 0.05) is 30.9 Å². The summed E-state index contributed by atoms with van der Waals surface area (Å²) in [5, 5.41) is 10.4. The Labute approximate surface area is 201 Å². The standard InChI is InChI=1S/C25H37N3O4S/c1-7-16(4)17(14-29)28-20-23(32)27(15(2)3)13-9-11-25(20)19(22(28)31)18-21(30)26(6)12-8-10-24(18,5)33-25/h8-11,15-20,29H,7,12-14H2,1-6H3/t16-,17-,18+,19-,20?,24-,25-/m0/s1. The summed E-state index contributed by atoms with van der Waals surface area (Å²) in [5.41, 5.74) is 0. The lowest BCUT2D eigenvalue weighted by molar-refractivity contribution is -0.148. The molecule has 33 heavy (non-hydrogen) atoms. The third-order valence-electron chi connectivity index (χ3n) is 8.20. The summed E-state index contributed by atoms with van der Waals surface area (Å²) >= 11 is 1.59. The monoisotopic (exact) mass is 475 g/mol. The molecule has 1 spiro atoms. The van der Waals surface area contributed by atoms with Crippen LogP contribution in [0.4, 0.5) is 0 Å². The van der Waals surface area contributed by atoms with Crippen LogP contribution in [0, 0.1) is 17.8 Å². The Balaban J connectivity index is 1.93. The van der Waals surface area contributed by atoms with Gasteiger partial charge in [0.15, 0.2) is 0 Å². The molecule has 0 saturated carbocycles. The zero-order valence-electron chi connectivity index (χ0n) is 20.5. The summed E-state index contributed by atoms with van der Waals surface area (Å²) < 4.78 is -1.44. The van der Waals surface area contributed by atoms with E-state index < -0.39 is 33.4 Å². The van der Waals surface area contributed by atoms with Gasteiger partial charge in [-0.2, -0.15) is 0 Å². The second kappa shape index (κ2) is 8.45. The van der Waals surface area contributed by atoms with E-state index in [9.17, 15) is 19.5 Å². The molecule has 2 fully saturated rings. The number of hydrogen-bond donors (Lipinski definition) is 1. The van der Waals surface area contributed by atoms with Crippen LogP contribution in [0.1, 0.15) is 41.0 Å². The Morgan fingerprint density at radius 2 is 1.73 bits per heavy atom. The van der Waals surface area contributed by atoms with Crippen LogP contribution in [0.2, 0.25) is 0 Å². The fraction of sp³-hybridized carbons (Fsp3) is 0.720. The highest BCUT2D eigenvalue weighted by atomic mass is 32.2. The Morgan fingerprint density at radius 1 is 1.06 bits per heavy atom. The van der Waals surface area contributed by atoms with Crippen LogP contribution >= 0.6 is 11.8 Å². The van der Waals surface area contributed by atoms with Crippen LogP contribution in [0.15, 0.2) is 24.3 Å². The molecule has 1 N–H and O–H groups in total. The third-order valence-corrected chi connectivity index (χ3v) is 9.99. The highest BCUT2D eigenvalue weighted by Gasteiger charge is 2.74. The Morgan fingerprint density at radius 3 is 2.33 bits per heavy atom. The van der Waals surface area contributed by atoms with Crippen LogP contribution in [-0.4, -0.2) is 91.9 Å². The molecule has 2 saturated heterocycles. The lowest BCUT2D eigenvalue weighted by atomic mass is 9.74. The van der Waals surface area contributed by atoms with E-state index in [1.54, 1.807) is 28.6 Å². The van der Waals surface area contributed by atoms with Gasteiger partial charge in [-0.15, -0.1) is 11.8 Å². The van der Waals surface area contributed by atoms with E-state index in [1.807, 2.05) is 57.7 Å². The van der Waals surface area contributed by atoms with Crippen LogP contribution < -0.4 is 0 Å². The number of likely N-dealkylation sites (tertiary alicyclic amines) is 1. The second-order valence-corrected chi connectivity index (χ2v) is 12.3. The van der Waals surface area contributed by atoms with Crippen molar-refractivity contribution in [2.24, 2.45) is 17.8 Å². The summed E-state index contributed by atoms with van der Waals surface area (Å²) in [6.07, 6.45) is 8.87. The number of rotatable bonds is 5. The predicted molar refractivity (Wildman–Crippen MR) is 129 cm³/mol. The molecule has 3 amide bonds. The van der Waals surface area contributed by atoms with E-state index in [-0.39, 0.29) is 36.3 Å². The minimum absolute atomic E-state index is 0.0196. The zero-order chi connectivity index (χ0) is 24.3. The lowest BCUT2D eigenvalue weighted by Crippen LogP contribution is -2.58. The van der Waals surface area contributed by atoms with Crippen LogP contribution in [0.25, 0.3) is 0 Å². The largest absolute Gasteiger partial charge is 0.394 e. The molecule has 7 nitrogen and oxygen atoms in total. The minimum atomic E-state index is -0.851. The number of likely N-dealkylation sites (N-methyl/N-ethyl adjacent to an activating group) is 1. The molecule has 0 aromatic carbocycles. The number of hydrogen-bond acceptors (Lipinski definition) is 5. The van der Waals surface area contributed by atoms with Gasteiger partial charge >= 0.3 is 0 Å². The lowest BCUT2D eigenvalue weighted by Gasteiger charge is -2.42. The first-order valence-corrected chi connectivity index (χ1v) is 12.9. The minimum Gasteiger partial charge on any atom is -0.394 e. The molecule has 0 aromatic rings. The van der Waals surface area contributed by atoms with Gasteiger partial charge in [0.05, 0.1) is 29.2 Å². The van der Waals surface area contributed by atoms with Crippen molar-refractivity contribution in [3.05, 3.63) is 24.3 Å². The molecule has 0 aliphatic carbocycles. The fourth-order valence-electron chi connectivity index (χ4n) is 6.24. The topological polar surface area (TPSA) is 81.2 Å². The van der Waals surface area contributed by atoms with Gasteiger partial charge in [-0.05, 0) is 26.7 Å². The summed E-state index contributed by atoms with van der Waals surface area (Å²) in [7, 11) is 1.77. The molecular formula is C25H37N3O4S. The van der Waals surface area contributed by atoms with Crippen molar-refractivity contribution in [1.82, 2.24) is 14.7 Å². The number of aliphatic hydroxyl groups excluding tert-OH is 1. The zero-order valence-corrected chi connectivity index (χ0v) is 21.3. The van der Waals surface area contributed by atoms with Gasteiger partial charge in [0.25, 0.3) is 0 Å². The van der Waals surface area contributed by atoms with Gasteiger partial charge in [-0.25, -0.2) is 0 Å². The molecule has 0 radical (unpaired) electrons. The maximum Gasteiger partial charge on any atom is 0.247 e. The summed E-state index contributed by atoms with van der Waals surface area (Å²) in [6.45, 7) is 10.8. The third kappa shape index (κ3) is 3.39. The van der Waals surface area contributed by atoms with Crippen LogP contribution in [0.5, 0.6) is 0 Å². The van der Waals surface area contributed by atoms with Crippen molar-refractivity contribution in [3.8, 4) is 0 Å². The number of nitrogens with zero attached hydrogens (tertiary/aromatic N) is 3. The van der Waals surface area contributed by atoms with Gasteiger partial charge in [0.2, 0.25) is 17.7 Å². The first-order chi connectivity index (χ1) is 15.5. The second-order valence-electron chi connectivity index (χ2n) is 10.5. The van der Waals surface area contributed by atoms with Crippen molar-refractivity contribution in [3.63, 3.8) is 0 Å². The highest BCUT2D eigenvalue weighted by Crippen LogP contribution is 2.66. The normalized spacial score (nSPS) is 37.8. The first kappa shape index (κ1) is 24.3. The molecule has 0 bridgehead atoms. The molecular weight excluding hydrogens is 438 g/mol. The van der Waals surface area contributed by atoms with E-state index >= 15 is 0 Å². The van der Waals surface area contributed by atoms with Crippen LogP contribution in [0.3, 0.4) is 0 Å². The average Bonchev–Trinajstić information content (AvgIpc) is 3.03. The maximum absolute atomic E-state index is 14.3. The Hall–Kier alpha value is -1.80. The smallest absolute Gasteiger partial charge is 0.247 e. The van der Waals surface area contributed by atoms with E-state index in [4.69, 9.17) is 0 Å². The number of carbonyl (C=O) groups excluding carboxylic acids is 3. The van der Waals surface area contributed by atoms with E-state index in [0.717, 1.165) is 6.42 Å². The van der Waals surface area contributed by atoms with Gasteiger partial charge in [0.1, 0.15) is 6.04 Å². The van der Waals surface area contributed by atoms with Crippen molar-refractivity contribution in [1.29, 1.82) is 0 Å². The van der Waals surface area contributed by atoms with Gasteiger partial charge < -0.3 is 19.8 Å². The van der Waals surface area contributed by atoms with Crippen molar-refractivity contribution < 1.29 is 19.5 Å². The van der Waals surface area contributed by atoms with Crippen molar-refractivity contribution >= 4 is 29.5 Å². The average molecular weight is 476 g/mol. The van der Waals surface area contributed by atoms with E-state index in [0.29, 0.717) is 13.1 Å². The number of aliphatic hydroxyl groups is 1. The van der Waals surface area contributed by atoms with E-state index in [2.05, 4.69) is 6.08 Å². The predicted octanol–water partition coefficient (Wildman–Crippen LogP) is 1.92. The summed E-state index contributed by atoms with van der Waals surface area (Å²) in [5.74, 6) is -1.52. The first-order valence-electron chi connectivity index (χ1n) is 12.1. The van der Waals surface area contributed by atoms with Gasteiger partial charge in [-0.1, -0.05) is 44.6 Å². The quantitative estimate of drug-likeness (QED) is 0.615. The molecule has 4 aliphatic heterocycles. The Bertz CT molecular complexity index is 904. The molecule has 182 valence electrons. The molecule has 0 aromatic heterocycles. The number of carbonyl (C=O) groups is 3. The molecule has 8 heteroatoms. The van der Waals surface area contributed by atoms with Crippen LogP contribution in [-0.2, 0) is 14.4 Å². The van der Waals surface area contributed by atoms with Crippen molar-refractivity contribution in [2.75, 3.05) is 26.7 Å². The molecule has 7 atom stereocenters. The maximum atomic E-state index is 14.3. The summed E-state index contributed by atoms with van der Waals surface area (Å²) in [6, 6.07) is -1.24. The number of fused-ring (bicyclic) bond motifs is 2. The number of amides is 3. The SMILES string of the molecule is CC[C@H](C)[C@H](CO)N1C(=O)[C@@H]2[C@@H]3C(=O)N(C)CC=C[C@]3(C)S[C@@]23C=CCN(C(C)C)C(=O)C13. The summed E-state index contributed by atoms with van der Waals surface area (Å²) in [4.78, 5) is 47.1. The molecule has 4 aliphatic rings. The van der Waals surface area contributed by atoms with E-state index in [1.165, 1.54) is 0 Å². The van der Waals surface area contributed by atoms with Crippen molar-refractivity contribution in [2.45, 2.75) is 68.7 Å². The van der Waals surface area contributed by atoms with Gasteiger partial charge in [-0.3, -0.25) is 14.4 Å². The highest BCUT2D eigenvalue weighted by molar-refractivity contribution is 8.02. The molecule has 4 heterocycles. The molecule has 1 unspecified atom stereocenters. The molecule has 4 rings (SSSR count). The number of thioether (sulfide) groups is 1. The fourth-order valence-corrected chi connectivity index (χ4v) is 8.38.